The van der Waals surface area contributed by atoms with E-state index in [1.807, 2.05) is 0 Å². The summed E-state index contributed by atoms with van der Waals surface area (Å²) in [5.41, 5.74) is 0.837. The molecule has 0 aromatic heterocycles. The molecule has 1 aromatic carbocycles. The number of alkyl halides is 2. The molecule has 2 N–H and O–H groups in total. The maximum atomic E-state index is 13.8. The molecule has 0 saturated carbocycles. The normalized spacial score (nSPS) is 25.2. The predicted octanol–water partition coefficient (Wildman–Crippen LogP) is -2.01. The molecule has 0 bridgehead atoms. The Bertz CT molecular complexity index is 522. The van der Waals surface area contributed by atoms with Crippen LogP contribution in [0.3, 0.4) is 0 Å². The second kappa shape index (κ2) is 4.78. The first kappa shape index (κ1) is 12.9. The molecular formula is C12H13FIN2O3-. The summed E-state index contributed by atoms with van der Waals surface area (Å²) in [6, 6.07) is 4.57. The SMILES string of the molecule is O=C1O[C@@]2(C[I-]2)CN1c1ccc(NCCO)c(F)c1. The number of carbonyl (C=O) groups excluding carboxylic acids is 1. The van der Waals surface area contributed by atoms with Crippen molar-refractivity contribution in [3.8, 4) is 0 Å². The standard InChI is InChI=1S/C12H13FIN2O3/c13-9-5-8(1-2-10(9)15-3-4-17)16-7-12(6-14-12)19-11(16)18/h1-2,5,15,17H,3-4,6-7H2/q-1/t12-/m0/s1. The molecule has 2 aliphatic heterocycles. The molecule has 104 valence electrons. The Balaban J connectivity index is 1.78. The van der Waals surface area contributed by atoms with Crippen LogP contribution in [0, 0.1) is 5.82 Å². The average Bonchev–Trinajstić information content (AvgIpc) is 3.05. The fourth-order valence-electron chi connectivity index (χ4n) is 1.96. The van der Waals surface area contributed by atoms with Gasteiger partial charge in [0.25, 0.3) is 0 Å². The summed E-state index contributed by atoms with van der Waals surface area (Å²) in [7, 11) is 0. The summed E-state index contributed by atoms with van der Waals surface area (Å²) in [6.07, 6.45) is -0.382. The second-order valence-corrected chi connectivity index (χ2v) is 7.91. The van der Waals surface area contributed by atoms with Gasteiger partial charge in [-0.05, 0) is 0 Å². The molecule has 1 amide bonds. The molecule has 0 radical (unpaired) electrons. The third kappa shape index (κ3) is 2.48. The average molecular weight is 379 g/mol. The van der Waals surface area contributed by atoms with E-state index in [2.05, 4.69) is 5.32 Å². The van der Waals surface area contributed by atoms with Crippen LogP contribution in [0.1, 0.15) is 0 Å². The van der Waals surface area contributed by atoms with Gasteiger partial charge in [-0.15, -0.1) is 0 Å². The topological polar surface area (TPSA) is 61.8 Å². The van der Waals surface area contributed by atoms with Gasteiger partial charge in [0, 0.05) is 0 Å². The zero-order chi connectivity index (χ0) is 13.5. The van der Waals surface area contributed by atoms with E-state index >= 15 is 0 Å². The summed E-state index contributed by atoms with van der Waals surface area (Å²) in [4.78, 5) is 13.2. The van der Waals surface area contributed by atoms with Crippen LogP contribution in [0.4, 0.5) is 20.6 Å². The number of hydrogen-bond acceptors (Lipinski definition) is 4. The molecular weight excluding hydrogens is 366 g/mol. The van der Waals surface area contributed by atoms with Crippen LogP contribution in [-0.4, -0.2) is 38.9 Å². The van der Waals surface area contributed by atoms with Gasteiger partial charge in [0.15, 0.2) is 0 Å². The summed E-state index contributed by atoms with van der Waals surface area (Å²) >= 11 is -0.0379. The van der Waals surface area contributed by atoms with Crippen LogP contribution in [-0.2, 0) is 4.74 Å². The van der Waals surface area contributed by atoms with Gasteiger partial charge in [-0.1, -0.05) is 0 Å². The van der Waals surface area contributed by atoms with E-state index in [0.29, 0.717) is 17.9 Å². The Labute approximate surface area is 120 Å². The summed E-state index contributed by atoms with van der Waals surface area (Å²) < 4.78 is 20.0. The molecule has 1 spiro atoms. The first-order chi connectivity index (χ1) is 9.13. The van der Waals surface area contributed by atoms with E-state index < -0.39 is 5.82 Å². The third-order valence-corrected chi connectivity index (χ3v) is 6.03. The monoisotopic (exact) mass is 379 g/mol. The van der Waals surface area contributed by atoms with Crippen LogP contribution >= 0.6 is 0 Å². The molecule has 2 heterocycles. The van der Waals surface area contributed by atoms with Gasteiger partial charge in [-0.25, -0.2) is 0 Å². The van der Waals surface area contributed by atoms with Gasteiger partial charge in [-0.2, -0.15) is 0 Å². The minimum absolute atomic E-state index is 0.0379. The molecule has 19 heavy (non-hydrogen) atoms. The Morgan fingerprint density at radius 2 is 2.37 bits per heavy atom. The van der Waals surface area contributed by atoms with E-state index in [-0.39, 0.29) is 44.1 Å². The summed E-state index contributed by atoms with van der Waals surface area (Å²) in [5, 5.41) is 11.5. The fourth-order valence-corrected chi connectivity index (χ4v) is 3.71. The quantitative estimate of drug-likeness (QED) is 0.469. The first-order valence-electron chi connectivity index (χ1n) is 5.89. The van der Waals surface area contributed by atoms with Crippen molar-refractivity contribution in [3.05, 3.63) is 24.0 Å². The summed E-state index contributed by atoms with van der Waals surface area (Å²) in [6.45, 7) is 0.767. The Morgan fingerprint density at radius 3 is 2.95 bits per heavy atom. The minimum atomic E-state index is -0.440. The summed E-state index contributed by atoms with van der Waals surface area (Å²) in [5.74, 6) is -0.440. The van der Waals surface area contributed by atoms with Gasteiger partial charge >= 0.3 is 120 Å². The van der Waals surface area contributed by atoms with Crippen molar-refractivity contribution < 1.29 is 40.2 Å². The zero-order valence-electron chi connectivity index (χ0n) is 10.0. The molecule has 0 unspecified atom stereocenters. The van der Waals surface area contributed by atoms with Gasteiger partial charge in [0.2, 0.25) is 0 Å². The van der Waals surface area contributed by atoms with Gasteiger partial charge in [0.05, 0.1) is 0 Å². The van der Waals surface area contributed by atoms with Crippen molar-refractivity contribution in [2.75, 3.05) is 34.3 Å². The fraction of sp³-hybridized carbons (Fsp3) is 0.417. The Kier molecular flexibility index (Phi) is 3.25. The number of ether oxygens (including phenoxy) is 1. The van der Waals surface area contributed by atoms with Crippen LogP contribution in [0.25, 0.3) is 0 Å². The number of aliphatic hydroxyl groups is 1. The second-order valence-electron chi connectivity index (χ2n) is 4.42. The number of amides is 1. The van der Waals surface area contributed by atoms with Crippen molar-refractivity contribution in [3.63, 3.8) is 0 Å². The number of rotatable bonds is 4. The van der Waals surface area contributed by atoms with Crippen molar-refractivity contribution in [2.45, 2.75) is 3.61 Å². The number of hydrogen-bond donors (Lipinski definition) is 2. The third-order valence-electron chi connectivity index (χ3n) is 3.01. The Hall–Kier alpha value is -1.09. The predicted molar refractivity (Wildman–Crippen MR) is 63.4 cm³/mol. The Morgan fingerprint density at radius 1 is 1.58 bits per heavy atom. The number of nitrogens with one attached hydrogen (secondary N) is 1. The number of halogens is 2. The molecule has 2 fully saturated rings. The number of nitrogens with zero attached hydrogens (tertiary/aromatic N) is 1. The molecule has 2 aliphatic rings. The van der Waals surface area contributed by atoms with Crippen LogP contribution in [0.5, 0.6) is 0 Å². The number of benzene rings is 1. The van der Waals surface area contributed by atoms with E-state index in [1.54, 1.807) is 12.1 Å². The van der Waals surface area contributed by atoms with E-state index in [9.17, 15) is 9.18 Å². The van der Waals surface area contributed by atoms with E-state index in [1.165, 1.54) is 11.0 Å². The molecule has 5 nitrogen and oxygen atoms in total. The first-order valence-corrected chi connectivity index (χ1v) is 8.49. The molecule has 7 heteroatoms. The zero-order valence-corrected chi connectivity index (χ0v) is 12.2. The van der Waals surface area contributed by atoms with Gasteiger partial charge < -0.3 is 0 Å². The number of carbonyl (C=O) groups is 1. The van der Waals surface area contributed by atoms with Crippen LogP contribution < -0.4 is 31.4 Å². The molecule has 0 aliphatic carbocycles. The van der Waals surface area contributed by atoms with Crippen molar-refractivity contribution in [1.29, 1.82) is 0 Å². The molecule has 3 rings (SSSR count). The van der Waals surface area contributed by atoms with Crippen molar-refractivity contribution in [1.82, 2.24) is 0 Å². The maximum absolute atomic E-state index is 13.8. The van der Waals surface area contributed by atoms with Crippen LogP contribution in [0.15, 0.2) is 18.2 Å². The van der Waals surface area contributed by atoms with E-state index in [0.717, 1.165) is 4.43 Å². The number of anilines is 2. The molecule has 2 saturated heterocycles. The molecule has 1 atom stereocenters. The van der Waals surface area contributed by atoms with Crippen molar-refractivity contribution >= 4 is 17.5 Å². The van der Waals surface area contributed by atoms with Crippen molar-refractivity contribution in [2.24, 2.45) is 0 Å². The van der Waals surface area contributed by atoms with E-state index in [4.69, 9.17) is 9.84 Å². The van der Waals surface area contributed by atoms with Gasteiger partial charge in [0.1, 0.15) is 0 Å². The number of aliphatic hydroxyl groups excluding tert-OH is 1. The van der Waals surface area contributed by atoms with Crippen LogP contribution in [0.2, 0.25) is 0 Å². The molecule has 1 aromatic rings. The van der Waals surface area contributed by atoms with Gasteiger partial charge in [-0.3, -0.25) is 0 Å².